The lowest BCUT2D eigenvalue weighted by atomic mass is 10.1. The molecule has 0 radical (unpaired) electrons. The maximum absolute atomic E-state index is 4.96. The predicted molar refractivity (Wildman–Crippen MR) is 123 cm³/mol. The Hall–Kier alpha value is -3.62. The first-order valence-electron chi connectivity index (χ1n) is 10.1. The van der Waals surface area contributed by atoms with Crippen molar-refractivity contribution in [3.63, 3.8) is 0 Å². The second kappa shape index (κ2) is 8.81. The third-order valence-electron chi connectivity index (χ3n) is 5.32. The number of nitrogens with one attached hydrogen (secondary N) is 2. The minimum Gasteiger partial charge on any atom is -0.366 e. The number of anilines is 1. The highest BCUT2D eigenvalue weighted by molar-refractivity contribution is 5.82. The van der Waals surface area contributed by atoms with Gasteiger partial charge in [-0.05, 0) is 24.6 Å². The van der Waals surface area contributed by atoms with Gasteiger partial charge in [0, 0.05) is 42.7 Å². The average molecular weight is 396 g/mol. The lowest BCUT2D eigenvalue weighted by Crippen LogP contribution is -2.27. The van der Waals surface area contributed by atoms with Crippen molar-refractivity contribution < 1.29 is 0 Å². The van der Waals surface area contributed by atoms with Gasteiger partial charge in [0.2, 0.25) is 5.95 Å². The van der Waals surface area contributed by atoms with Crippen LogP contribution in [-0.2, 0) is 19.5 Å². The zero-order chi connectivity index (χ0) is 20.9. The smallest absolute Gasteiger partial charge is 0.236 e. The van der Waals surface area contributed by atoms with E-state index in [1.807, 2.05) is 6.07 Å². The van der Waals surface area contributed by atoms with E-state index in [0.717, 1.165) is 54.7 Å². The van der Waals surface area contributed by atoms with E-state index in [9.17, 15) is 0 Å². The van der Waals surface area contributed by atoms with Crippen LogP contribution in [0.1, 0.15) is 22.5 Å². The van der Waals surface area contributed by atoms with Gasteiger partial charge in [-0.2, -0.15) is 4.98 Å². The van der Waals surface area contributed by atoms with E-state index in [0.29, 0.717) is 0 Å². The van der Waals surface area contributed by atoms with Crippen molar-refractivity contribution >= 4 is 16.7 Å². The van der Waals surface area contributed by atoms with Gasteiger partial charge in [-0.25, -0.2) is 4.98 Å². The van der Waals surface area contributed by atoms with Crippen molar-refractivity contribution in [3.05, 3.63) is 83.2 Å². The molecule has 2 aromatic carbocycles. The fraction of sp³-hybridized carbons (Fsp3) is 0.200. The van der Waals surface area contributed by atoms with Crippen LogP contribution in [0.15, 0.2) is 60.7 Å². The van der Waals surface area contributed by atoms with Gasteiger partial charge in [0.15, 0.2) is 0 Å². The number of rotatable bonds is 4. The Balaban J connectivity index is 0.00000106. The zero-order valence-electron chi connectivity index (χ0n) is 17.1. The maximum atomic E-state index is 4.96. The Morgan fingerprint density at radius 2 is 1.80 bits per heavy atom. The van der Waals surface area contributed by atoms with E-state index >= 15 is 0 Å². The first-order chi connectivity index (χ1) is 14.8. The largest absolute Gasteiger partial charge is 0.366 e. The summed E-state index contributed by atoms with van der Waals surface area (Å²) in [7, 11) is 0. The van der Waals surface area contributed by atoms with E-state index in [4.69, 9.17) is 9.97 Å². The van der Waals surface area contributed by atoms with Crippen molar-refractivity contribution in [3.8, 4) is 18.8 Å². The molecule has 2 aromatic heterocycles. The van der Waals surface area contributed by atoms with Crippen LogP contribution in [0.2, 0.25) is 0 Å². The monoisotopic (exact) mass is 395 g/mol. The van der Waals surface area contributed by atoms with Gasteiger partial charge in [-0.15, -0.1) is 12.8 Å². The molecule has 0 saturated heterocycles. The molecule has 0 fully saturated rings. The highest BCUT2D eigenvalue weighted by Gasteiger charge is 2.19. The summed E-state index contributed by atoms with van der Waals surface area (Å²) >= 11 is 0. The van der Waals surface area contributed by atoms with Crippen LogP contribution in [0, 0.1) is 19.8 Å². The van der Waals surface area contributed by atoms with Gasteiger partial charge in [0.25, 0.3) is 0 Å². The SMILES string of the molecule is C#C.Cc1cc2ccccc2n1-c1nc2c(c(NCc3ccccc3)n1)CNCC2. The van der Waals surface area contributed by atoms with Gasteiger partial charge in [0.05, 0.1) is 11.2 Å². The van der Waals surface area contributed by atoms with Crippen molar-refractivity contribution in [1.29, 1.82) is 0 Å². The van der Waals surface area contributed by atoms with Crippen molar-refractivity contribution in [1.82, 2.24) is 19.9 Å². The molecule has 0 unspecified atom stereocenters. The summed E-state index contributed by atoms with van der Waals surface area (Å²) in [5, 5.41) is 8.21. The van der Waals surface area contributed by atoms with E-state index in [-0.39, 0.29) is 0 Å². The molecule has 2 N–H and O–H groups in total. The number of aryl methyl sites for hydroxylation is 1. The highest BCUT2D eigenvalue weighted by atomic mass is 15.2. The second-order valence-corrected chi connectivity index (χ2v) is 7.24. The number of para-hydroxylation sites is 1. The first-order valence-corrected chi connectivity index (χ1v) is 10.1. The fourth-order valence-electron chi connectivity index (χ4n) is 3.92. The summed E-state index contributed by atoms with van der Waals surface area (Å²) in [5.74, 6) is 1.67. The Kier molecular flexibility index (Phi) is 5.78. The van der Waals surface area contributed by atoms with Gasteiger partial charge >= 0.3 is 0 Å². The molecule has 0 atom stereocenters. The number of fused-ring (bicyclic) bond motifs is 2. The molecule has 30 heavy (non-hydrogen) atoms. The number of terminal acetylenes is 1. The molecule has 0 spiro atoms. The standard InChI is InChI=1S/C23H23N5.C2H2/c1-16-13-18-9-5-6-10-21(18)28(16)23-26-20-11-12-24-15-19(20)22(27-23)25-14-17-7-3-2-4-8-17;1-2/h2-10,13,24H,11-12,14-15H2,1H3,(H,25,26,27);1-2H. The van der Waals surface area contributed by atoms with Crippen molar-refractivity contribution in [2.24, 2.45) is 0 Å². The van der Waals surface area contributed by atoms with E-state index in [1.165, 1.54) is 16.5 Å². The Bertz CT molecular complexity index is 1170. The van der Waals surface area contributed by atoms with E-state index in [2.05, 4.69) is 89.6 Å². The van der Waals surface area contributed by atoms with E-state index in [1.54, 1.807) is 0 Å². The number of hydrogen-bond acceptors (Lipinski definition) is 4. The number of nitrogens with zero attached hydrogens (tertiary/aromatic N) is 3. The molecule has 3 heterocycles. The maximum Gasteiger partial charge on any atom is 0.236 e. The van der Waals surface area contributed by atoms with Crippen LogP contribution in [0.4, 0.5) is 5.82 Å². The first kappa shape index (κ1) is 19.7. The third kappa shape index (κ3) is 3.78. The number of aromatic nitrogens is 3. The Morgan fingerprint density at radius 3 is 2.63 bits per heavy atom. The Morgan fingerprint density at radius 1 is 1.03 bits per heavy atom. The average Bonchev–Trinajstić information content (AvgIpc) is 3.15. The minimum absolute atomic E-state index is 0.745. The summed E-state index contributed by atoms with van der Waals surface area (Å²) in [5.41, 5.74) is 5.84. The predicted octanol–water partition coefficient (Wildman–Crippen LogP) is 4.24. The second-order valence-electron chi connectivity index (χ2n) is 7.24. The molecular formula is C25H25N5. The topological polar surface area (TPSA) is 54.8 Å². The van der Waals surface area contributed by atoms with Gasteiger partial charge < -0.3 is 10.6 Å². The summed E-state index contributed by atoms with van der Waals surface area (Å²) in [4.78, 5) is 9.91. The summed E-state index contributed by atoms with van der Waals surface area (Å²) in [6.45, 7) is 4.61. The Labute approximate surface area is 177 Å². The normalized spacial score (nSPS) is 12.6. The molecule has 1 aliphatic heterocycles. The molecule has 5 heteroatoms. The van der Waals surface area contributed by atoms with Crippen LogP contribution in [0.5, 0.6) is 0 Å². The van der Waals surface area contributed by atoms with Crippen LogP contribution < -0.4 is 10.6 Å². The molecule has 5 nitrogen and oxygen atoms in total. The molecule has 4 aromatic rings. The summed E-state index contributed by atoms with van der Waals surface area (Å²) in [6.07, 6.45) is 8.92. The fourth-order valence-corrected chi connectivity index (χ4v) is 3.92. The van der Waals surface area contributed by atoms with Crippen LogP contribution in [-0.4, -0.2) is 21.1 Å². The van der Waals surface area contributed by atoms with Crippen LogP contribution >= 0.6 is 0 Å². The van der Waals surface area contributed by atoms with Crippen LogP contribution in [0.3, 0.4) is 0 Å². The van der Waals surface area contributed by atoms with Gasteiger partial charge in [0.1, 0.15) is 5.82 Å². The van der Waals surface area contributed by atoms with Crippen molar-refractivity contribution in [2.45, 2.75) is 26.4 Å². The summed E-state index contributed by atoms with van der Waals surface area (Å²) in [6, 6.07) is 21.0. The molecule has 5 rings (SSSR count). The molecule has 0 aliphatic carbocycles. The third-order valence-corrected chi connectivity index (χ3v) is 5.32. The molecule has 0 amide bonds. The molecule has 0 bridgehead atoms. The van der Waals surface area contributed by atoms with Crippen LogP contribution in [0.25, 0.3) is 16.9 Å². The van der Waals surface area contributed by atoms with Crippen molar-refractivity contribution in [2.75, 3.05) is 11.9 Å². The number of benzene rings is 2. The van der Waals surface area contributed by atoms with E-state index < -0.39 is 0 Å². The van der Waals surface area contributed by atoms with Gasteiger partial charge in [-0.1, -0.05) is 48.5 Å². The molecular weight excluding hydrogens is 370 g/mol. The molecule has 1 aliphatic rings. The zero-order valence-corrected chi connectivity index (χ0v) is 17.1. The van der Waals surface area contributed by atoms with Gasteiger partial charge in [-0.3, -0.25) is 4.57 Å². The number of hydrogen-bond donors (Lipinski definition) is 2. The molecule has 0 saturated carbocycles. The lowest BCUT2D eigenvalue weighted by Gasteiger charge is -2.21. The lowest BCUT2D eigenvalue weighted by molar-refractivity contribution is 0.624. The minimum atomic E-state index is 0.745. The quantitative estimate of drug-likeness (QED) is 0.508. The highest BCUT2D eigenvalue weighted by Crippen LogP contribution is 2.26. The molecule has 150 valence electrons. The summed E-state index contributed by atoms with van der Waals surface area (Å²) < 4.78 is 2.16.